The van der Waals surface area contributed by atoms with Crippen LogP contribution in [0.2, 0.25) is 0 Å². The number of aryl methyl sites for hydroxylation is 1. The van der Waals surface area contributed by atoms with Gasteiger partial charge in [0, 0.05) is 13.6 Å². The maximum Gasteiger partial charge on any atom is 0.257 e. The molecular weight excluding hydrogens is 190 g/mol. The lowest BCUT2D eigenvalue weighted by atomic mass is 10.1. The Hall–Kier alpha value is -1.77. The normalized spacial score (nSPS) is 9.73. The van der Waals surface area contributed by atoms with Gasteiger partial charge in [-0.25, -0.2) is 0 Å². The number of nitrogens with zero attached hydrogens (tertiary/aromatic N) is 1. The topological polar surface area (TPSA) is 40.5 Å². The molecule has 0 bridgehead atoms. The van der Waals surface area contributed by atoms with Crippen molar-refractivity contribution >= 4 is 5.91 Å². The van der Waals surface area contributed by atoms with Gasteiger partial charge in [0.15, 0.2) is 0 Å². The van der Waals surface area contributed by atoms with Gasteiger partial charge in [-0.3, -0.25) is 4.79 Å². The van der Waals surface area contributed by atoms with E-state index in [9.17, 15) is 9.90 Å². The van der Waals surface area contributed by atoms with Gasteiger partial charge in [0.25, 0.3) is 5.91 Å². The zero-order valence-electron chi connectivity index (χ0n) is 9.03. The number of carbonyl (C=O) groups excluding carboxylic acids is 1. The fourth-order valence-corrected chi connectivity index (χ4v) is 1.30. The molecule has 0 saturated carbocycles. The summed E-state index contributed by atoms with van der Waals surface area (Å²) >= 11 is 0. The van der Waals surface area contributed by atoms with E-state index >= 15 is 0 Å². The highest BCUT2D eigenvalue weighted by molar-refractivity contribution is 5.96. The average Bonchev–Trinajstić information content (AvgIpc) is 2.21. The summed E-state index contributed by atoms with van der Waals surface area (Å²) in [6.07, 6.45) is 1.64. The predicted octanol–water partition coefficient (Wildman–Crippen LogP) is 1.96. The second-order valence-electron chi connectivity index (χ2n) is 3.49. The molecule has 0 aliphatic heterocycles. The van der Waals surface area contributed by atoms with E-state index < -0.39 is 0 Å². The van der Waals surface area contributed by atoms with E-state index in [4.69, 9.17) is 0 Å². The van der Waals surface area contributed by atoms with E-state index in [1.165, 1.54) is 11.0 Å². The number of phenols is 1. The molecule has 3 nitrogen and oxygen atoms in total. The Kier molecular flexibility index (Phi) is 3.50. The van der Waals surface area contributed by atoms with Crippen LogP contribution in [0.3, 0.4) is 0 Å². The van der Waals surface area contributed by atoms with Crippen LogP contribution in [0, 0.1) is 6.92 Å². The molecule has 0 aliphatic rings. The van der Waals surface area contributed by atoms with Gasteiger partial charge in [-0.05, 0) is 19.1 Å². The number of phenolic OH excluding ortho intramolecular Hbond substituents is 1. The zero-order chi connectivity index (χ0) is 11.4. The Morgan fingerprint density at radius 3 is 2.87 bits per heavy atom. The Morgan fingerprint density at radius 2 is 2.27 bits per heavy atom. The van der Waals surface area contributed by atoms with Crippen molar-refractivity contribution in [1.82, 2.24) is 4.90 Å². The van der Waals surface area contributed by atoms with Crippen molar-refractivity contribution in [3.63, 3.8) is 0 Å². The van der Waals surface area contributed by atoms with Crippen molar-refractivity contribution < 1.29 is 9.90 Å². The number of carbonyl (C=O) groups is 1. The van der Waals surface area contributed by atoms with Crippen LogP contribution in [0.25, 0.3) is 0 Å². The minimum absolute atomic E-state index is 0.0153. The standard InChI is InChI=1S/C12H15NO2/c1-4-7-13(3)12(15)10-8-9(2)5-6-11(10)14/h4-6,8,14H,1,7H2,2-3H3. The summed E-state index contributed by atoms with van der Waals surface area (Å²) in [5, 5.41) is 9.55. The maximum absolute atomic E-state index is 11.8. The summed E-state index contributed by atoms with van der Waals surface area (Å²) in [4.78, 5) is 13.3. The first-order chi connectivity index (χ1) is 7.06. The second kappa shape index (κ2) is 4.64. The Bertz CT molecular complexity index is 385. The number of likely N-dealkylation sites (N-methyl/N-ethyl adjacent to an activating group) is 1. The third-order valence-electron chi connectivity index (χ3n) is 2.13. The molecule has 15 heavy (non-hydrogen) atoms. The molecule has 0 unspecified atom stereocenters. The van der Waals surface area contributed by atoms with Gasteiger partial charge in [-0.1, -0.05) is 17.7 Å². The van der Waals surface area contributed by atoms with Gasteiger partial charge in [0.2, 0.25) is 0 Å². The molecule has 0 fully saturated rings. The van der Waals surface area contributed by atoms with Crippen LogP contribution in [0.5, 0.6) is 5.75 Å². The highest BCUT2D eigenvalue weighted by Crippen LogP contribution is 2.19. The molecule has 80 valence electrons. The third-order valence-corrected chi connectivity index (χ3v) is 2.13. The fraction of sp³-hybridized carbons (Fsp3) is 0.250. The minimum Gasteiger partial charge on any atom is -0.507 e. The second-order valence-corrected chi connectivity index (χ2v) is 3.49. The van der Waals surface area contributed by atoms with E-state index in [0.29, 0.717) is 12.1 Å². The van der Waals surface area contributed by atoms with E-state index in [1.54, 1.807) is 25.3 Å². The van der Waals surface area contributed by atoms with Crippen LogP contribution in [-0.4, -0.2) is 29.5 Å². The molecule has 0 atom stereocenters. The molecule has 0 saturated heterocycles. The quantitative estimate of drug-likeness (QED) is 0.766. The third kappa shape index (κ3) is 2.59. The summed E-state index contributed by atoms with van der Waals surface area (Å²) < 4.78 is 0. The van der Waals surface area contributed by atoms with Crippen molar-refractivity contribution in [2.24, 2.45) is 0 Å². The summed E-state index contributed by atoms with van der Waals surface area (Å²) in [5.41, 5.74) is 1.28. The summed E-state index contributed by atoms with van der Waals surface area (Å²) in [7, 11) is 1.67. The largest absolute Gasteiger partial charge is 0.507 e. The molecule has 3 heteroatoms. The monoisotopic (exact) mass is 205 g/mol. The first-order valence-electron chi connectivity index (χ1n) is 4.72. The van der Waals surface area contributed by atoms with E-state index in [-0.39, 0.29) is 11.7 Å². The van der Waals surface area contributed by atoms with Crippen molar-refractivity contribution in [3.8, 4) is 5.75 Å². The predicted molar refractivity (Wildman–Crippen MR) is 60.0 cm³/mol. The molecule has 0 aliphatic carbocycles. The molecule has 1 aromatic carbocycles. The number of rotatable bonds is 3. The van der Waals surface area contributed by atoms with Crippen LogP contribution in [-0.2, 0) is 0 Å². The van der Waals surface area contributed by atoms with Crippen molar-refractivity contribution in [1.29, 1.82) is 0 Å². The number of aromatic hydroxyl groups is 1. The molecule has 0 spiro atoms. The van der Waals surface area contributed by atoms with Crippen LogP contribution in [0.15, 0.2) is 30.9 Å². The lowest BCUT2D eigenvalue weighted by Gasteiger charge is -2.15. The molecule has 1 N–H and O–H groups in total. The average molecular weight is 205 g/mol. The zero-order valence-corrected chi connectivity index (χ0v) is 9.03. The number of amides is 1. The van der Waals surface area contributed by atoms with Crippen LogP contribution >= 0.6 is 0 Å². The number of benzene rings is 1. The van der Waals surface area contributed by atoms with Gasteiger partial charge in [0.1, 0.15) is 5.75 Å². The van der Waals surface area contributed by atoms with Gasteiger partial charge in [-0.15, -0.1) is 6.58 Å². The van der Waals surface area contributed by atoms with E-state index in [0.717, 1.165) is 5.56 Å². The van der Waals surface area contributed by atoms with Gasteiger partial charge < -0.3 is 10.0 Å². The highest BCUT2D eigenvalue weighted by Gasteiger charge is 2.14. The number of hydrogen-bond acceptors (Lipinski definition) is 2. The summed E-state index contributed by atoms with van der Waals surface area (Å²) in [6, 6.07) is 4.97. The van der Waals surface area contributed by atoms with Gasteiger partial charge >= 0.3 is 0 Å². The van der Waals surface area contributed by atoms with Crippen LogP contribution in [0.4, 0.5) is 0 Å². The lowest BCUT2D eigenvalue weighted by Crippen LogP contribution is -2.26. The highest BCUT2D eigenvalue weighted by atomic mass is 16.3. The fourth-order valence-electron chi connectivity index (χ4n) is 1.30. The van der Waals surface area contributed by atoms with Crippen molar-refractivity contribution in [2.45, 2.75) is 6.92 Å². The number of hydrogen-bond donors (Lipinski definition) is 1. The molecular formula is C12H15NO2. The lowest BCUT2D eigenvalue weighted by molar-refractivity contribution is 0.0807. The van der Waals surface area contributed by atoms with E-state index in [2.05, 4.69) is 6.58 Å². The smallest absolute Gasteiger partial charge is 0.257 e. The minimum atomic E-state index is -0.198. The Balaban J connectivity index is 2.99. The summed E-state index contributed by atoms with van der Waals surface area (Å²) in [6.45, 7) is 5.90. The van der Waals surface area contributed by atoms with Gasteiger partial charge in [-0.2, -0.15) is 0 Å². The van der Waals surface area contributed by atoms with Crippen LogP contribution in [0.1, 0.15) is 15.9 Å². The molecule has 0 heterocycles. The SMILES string of the molecule is C=CCN(C)C(=O)c1cc(C)ccc1O. The molecule has 1 aromatic rings. The van der Waals surface area contributed by atoms with E-state index in [1.807, 2.05) is 6.92 Å². The molecule has 0 aromatic heterocycles. The molecule has 1 rings (SSSR count). The van der Waals surface area contributed by atoms with Crippen molar-refractivity contribution in [3.05, 3.63) is 42.0 Å². The first-order valence-corrected chi connectivity index (χ1v) is 4.72. The van der Waals surface area contributed by atoms with Crippen LogP contribution < -0.4 is 0 Å². The van der Waals surface area contributed by atoms with Crippen molar-refractivity contribution in [2.75, 3.05) is 13.6 Å². The Morgan fingerprint density at radius 1 is 1.60 bits per heavy atom. The van der Waals surface area contributed by atoms with Gasteiger partial charge in [0.05, 0.1) is 5.56 Å². The first kappa shape index (κ1) is 11.3. The molecule has 0 radical (unpaired) electrons. The molecule has 1 amide bonds. The maximum atomic E-state index is 11.8. The summed E-state index contributed by atoms with van der Waals surface area (Å²) in [5.74, 6) is -0.183. The Labute approximate surface area is 89.6 Å².